The number of nitrogens with zero attached hydrogens (tertiary/aromatic N) is 1. The molecule has 3 aromatic carbocycles. The molecule has 0 aliphatic carbocycles. The number of ether oxygens (including phenoxy) is 2. The third-order valence-electron chi connectivity index (χ3n) is 5.87. The SMILES string of the molecule is O=C(NO)Sc1ccc(OCCNC(=O)c2oc3ccccc3c2COc2ccc(N3C=CNC3)cc2)cc1. The minimum absolute atomic E-state index is 0.166. The molecule has 4 N–H and O–H groups in total. The number of rotatable bonds is 10. The van der Waals surface area contributed by atoms with E-state index in [-0.39, 0.29) is 31.4 Å². The molecule has 0 bridgehead atoms. The zero-order valence-corrected chi connectivity index (χ0v) is 21.6. The molecule has 0 saturated carbocycles. The molecule has 0 atom stereocenters. The molecule has 1 aromatic heterocycles. The van der Waals surface area contributed by atoms with E-state index in [4.69, 9.17) is 19.1 Å². The number of amides is 2. The molecule has 39 heavy (non-hydrogen) atoms. The van der Waals surface area contributed by atoms with Crippen molar-refractivity contribution in [2.24, 2.45) is 0 Å². The molecular formula is C28H26N4O6S. The van der Waals surface area contributed by atoms with Crippen LogP contribution in [0.4, 0.5) is 10.5 Å². The molecule has 2 heterocycles. The molecule has 5 rings (SSSR count). The summed E-state index contributed by atoms with van der Waals surface area (Å²) in [5.74, 6) is 1.10. The highest BCUT2D eigenvalue weighted by Crippen LogP contribution is 2.28. The third-order valence-corrected chi connectivity index (χ3v) is 6.66. The predicted molar refractivity (Wildman–Crippen MR) is 147 cm³/mol. The number of furan rings is 1. The second-order valence-electron chi connectivity index (χ2n) is 8.41. The minimum atomic E-state index is -0.576. The fourth-order valence-electron chi connectivity index (χ4n) is 3.99. The van der Waals surface area contributed by atoms with E-state index in [9.17, 15) is 9.59 Å². The molecule has 0 fully saturated rings. The van der Waals surface area contributed by atoms with Crippen molar-refractivity contribution in [3.8, 4) is 11.5 Å². The van der Waals surface area contributed by atoms with Crippen LogP contribution in [0.2, 0.25) is 0 Å². The van der Waals surface area contributed by atoms with E-state index in [1.54, 1.807) is 29.7 Å². The number of fused-ring (bicyclic) bond motifs is 1. The number of carbonyl (C=O) groups is 2. The number of hydrogen-bond donors (Lipinski definition) is 4. The van der Waals surface area contributed by atoms with Crippen molar-refractivity contribution < 1.29 is 28.7 Å². The van der Waals surface area contributed by atoms with Gasteiger partial charge in [0.2, 0.25) is 0 Å². The first kappa shape index (κ1) is 26.0. The summed E-state index contributed by atoms with van der Waals surface area (Å²) >= 11 is 0.853. The van der Waals surface area contributed by atoms with E-state index >= 15 is 0 Å². The number of thioether (sulfide) groups is 1. The van der Waals surface area contributed by atoms with E-state index < -0.39 is 5.24 Å². The van der Waals surface area contributed by atoms with Gasteiger partial charge in [-0.15, -0.1) is 0 Å². The van der Waals surface area contributed by atoms with Crippen molar-refractivity contribution in [1.82, 2.24) is 16.1 Å². The summed E-state index contributed by atoms with van der Waals surface area (Å²) in [4.78, 5) is 27.0. The van der Waals surface area contributed by atoms with Gasteiger partial charge in [0.15, 0.2) is 5.76 Å². The number of carbonyl (C=O) groups excluding carboxylic acids is 2. The van der Waals surface area contributed by atoms with Crippen LogP contribution in [0.15, 0.2) is 94.5 Å². The Hall–Kier alpha value is -4.61. The van der Waals surface area contributed by atoms with E-state index in [1.165, 1.54) is 0 Å². The highest BCUT2D eigenvalue weighted by molar-refractivity contribution is 8.13. The summed E-state index contributed by atoms with van der Waals surface area (Å²) in [6, 6.07) is 22.0. The number of anilines is 1. The van der Waals surface area contributed by atoms with Crippen LogP contribution >= 0.6 is 11.8 Å². The first-order valence-corrected chi connectivity index (χ1v) is 13.0. The number of hydrogen-bond acceptors (Lipinski definition) is 9. The second-order valence-corrected chi connectivity index (χ2v) is 9.46. The van der Waals surface area contributed by atoms with Crippen LogP contribution in [0.1, 0.15) is 16.1 Å². The van der Waals surface area contributed by atoms with Gasteiger partial charge in [-0.1, -0.05) is 18.2 Å². The minimum Gasteiger partial charge on any atom is -0.492 e. The number of para-hydroxylation sites is 1. The van der Waals surface area contributed by atoms with Gasteiger partial charge in [0.1, 0.15) is 30.3 Å². The summed E-state index contributed by atoms with van der Waals surface area (Å²) < 4.78 is 17.6. The van der Waals surface area contributed by atoms with Crippen LogP contribution in [-0.4, -0.2) is 36.2 Å². The molecular weight excluding hydrogens is 520 g/mol. The van der Waals surface area contributed by atoms with Gasteiger partial charge in [0.05, 0.1) is 13.2 Å². The summed E-state index contributed by atoms with van der Waals surface area (Å²) in [7, 11) is 0. The fourth-order valence-corrected chi connectivity index (χ4v) is 4.52. The Kier molecular flexibility index (Phi) is 8.20. The molecule has 1 aliphatic rings. The first-order chi connectivity index (χ1) is 19.1. The van der Waals surface area contributed by atoms with Crippen molar-refractivity contribution in [1.29, 1.82) is 0 Å². The third kappa shape index (κ3) is 6.46. The number of benzene rings is 3. The number of nitrogens with one attached hydrogen (secondary N) is 3. The highest BCUT2D eigenvalue weighted by Gasteiger charge is 2.21. The van der Waals surface area contributed by atoms with Crippen molar-refractivity contribution in [3.05, 3.63) is 96.5 Å². The van der Waals surface area contributed by atoms with Crippen molar-refractivity contribution >= 4 is 39.6 Å². The van der Waals surface area contributed by atoms with Crippen molar-refractivity contribution in [3.63, 3.8) is 0 Å². The molecule has 0 radical (unpaired) electrons. The molecule has 0 unspecified atom stereocenters. The number of hydroxylamine groups is 1. The van der Waals surface area contributed by atoms with Crippen LogP contribution in [0.5, 0.6) is 11.5 Å². The Bertz CT molecular complexity index is 1470. The van der Waals surface area contributed by atoms with E-state index in [2.05, 4.69) is 15.5 Å². The second kappa shape index (κ2) is 12.3. The lowest BCUT2D eigenvalue weighted by Crippen LogP contribution is -2.28. The molecule has 1 aliphatic heterocycles. The highest BCUT2D eigenvalue weighted by atomic mass is 32.2. The van der Waals surface area contributed by atoms with Crippen LogP contribution in [0, 0.1) is 0 Å². The standard InChI is InChI=1S/C28H26N4O6S/c33-27(30-14-16-36-20-9-11-22(12-10-20)39-28(34)31-35)26-24(23-3-1-2-4-25(23)38-26)17-37-21-7-5-19(6-8-21)32-15-13-29-18-32/h1-13,15,29,35H,14,16-18H2,(H,30,33)(H,31,34). The van der Waals surface area contributed by atoms with Gasteiger partial charge in [-0.2, -0.15) is 0 Å². The zero-order chi connectivity index (χ0) is 27.0. The summed E-state index contributed by atoms with van der Waals surface area (Å²) in [5.41, 5.74) is 3.88. The Morgan fingerprint density at radius 2 is 1.74 bits per heavy atom. The Labute approximate surface area is 228 Å². The molecule has 0 spiro atoms. The predicted octanol–water partition coefficient (Wildman–Crippen LogP) is 4.85. The van der Waals surface area contributed by atoms with Crippen molar-refractivity contribution in [2.75, 3.05) is 24.7 Å². The van der Waals surface area contributed by atoms with Gasteiger partial charge in [0, 0.05) is 33.9 Å². The van der Waals surface area contributed by atoms with Crippen LogP contribution in [-0.2, 0) is 6.61 Å². The molecule has 11 heteroatoms. The van der Waals surface area contributed by atoms with Crippen LogP contribution in [0.3, 0.4) is 0 Å². The maximum Gasteiger partial charge on any atom is 0.307 e. The molecule has 10 nitrogen and oxygen atoms in total. The lowest BCUT2D eigenvalue weighted by molar-refractivity contribution is 0.0918. The smallest absolute Gasteiger partial charge is 0.307 e. The lowest BCUT2D eigenvalue weighted by atomic mass is 10.1. The van der Waals surface area contributed by atoms with Crippen LogP contribution < -0.4 is 30.5 Å². The summed E-state index contributed by atoms with van der Waals surface area (Å²) in [5, 5.41) is 14.8. The lowest BCUT2D eigenvalue weighted by Gasteiger charge is -2.15. The van der Waals surface area contributed by atoms with E-state index in [0.29, 0.717) is 27.5 Å². The average Bonchev–Trinajstić information content (AvgIpc) is 3.64. The average molecular weight is 547 g/mol. The fraction of sp³-hybridized carbons (Fsp3) is 0.143. The summed E-state index contributed by atoms with van der Waals surface area (Å²) in [6.07, 6.45) is 3.87. The molecule has 4 aromatic rings. The van der Waals surface area contributed by atoms with E-state index in [1.807, 2.05) is 60.9 Å². The monoisotopic (exact) mass is 546 g/mol. The maximum absolute atomic E-state index is 13.0. The largest absolute Gasteiger partial charge is 0.492 e. The quantitative estimate of drug-likeness (QED) is 0.0956. The van der Waals surface area contributed by atoms with Gasteiger partial charge < -0.3 is 29.4 Å². The van der Waals surface area contributed by atoms with Gasteiger partial charge in [-0.3, -0.25) is 14.8 Å². The first-order valence-electron chi connectivity index (χ1n) is 12.1. The van der Waals surface area contributed by atoms with Gasteiger partial charge in [-0.25, -0.2) is 5.48 Å². The Morgan fingerprint density at radius 3 is 2.49 bits per heavy atom. The van der Waals surface area contributed by atoms with E-state index in [0.717, 1.165) is 29.5 Å². The van der Waals surface area contributed by atoms with Crippen LogP contribution in [0.25, 0.3) is 11.0 Å². The molecule has 2 amide bonds. The molecule has 0 saturated heterocycles. The Morgan fingerprint density at radius 1 is 1.00 bits per heavy atom. The normalized spacial score (nSPS) is 12.3. The van der Waals surface area contributed by atoms with Gasteiger partial charge >= 0.3 is 5.24 Å². The Balaban J connectivity index is 1.18. The maximum atomic E-state index is 13.0. The zero-order valence-electron chi connectivity index (χ0n) is 20.8. The molecule has 200 valence electrons. The van der Waals surface area contributed by atoms with Gasteiger partial charge in [0.25, 0.3) is 5.91 Å². The van der Waals surface area contributed by atoms with Gasteiger partial charge in [-0.05, 0) is 66.4 Å². The topological polar surface area (TPSA) is 125 Å². The van der Waals surface area contributed by atoms with Crippen molar-refractivity contribution in [2.45, 2.75) is 11.5 Å². The summed E-state index contributed by atoms with van der Waals surface area (Å²) in [6.45, 7) is 1.37.